The van der Waals surface area contributed by atoms with Crippen molar-refractivity contribution in [3.63, 3.8) is 0 Å². The number of nitrogens with zero attached hydrogens (tertiary/aromatic N) is 2. The fourth-order valence-electron chi connectivity index (χ4n) is 1.44. The molecule has 82 valence electrons. The summed E-state index contributed by atoms with van der Waals surface area (Å²) in [5, 5.41) is 9.16. The van der Waals surface area contributed by atoms with Crippen LogP contribution < -0.4 is 0 Å². The van der Waals surface area contributed by atoms with Crippen molar-refractivity contribution in [3.8, 4) is 6.07 Å². The Bertz CT molecular complexity index is 565. The molecule has 0 N–H and O–H groups in total. The highest BCUT2D eigenvalue weighted by Gasteiger charge is 2.00. The second kappa shape index (κ2) is 5.42. The number of aromatic nitrogens is 1. The lowest BCUT2D eigenvalue weighted by molar-refractivity contribution is 1.32. The maximum atomic E-state index is 9.16. The van der Waals surface area contributed by atoms with Crippen LogP contribution in [0.5, 0.6) is 0 Å². The van der Waals surface area contributed by atoms with Gasteiger partial charge < -0.3 is 0 Å². The summed E-state index contributed by atoms with van der Waals surface area (Å²) in [6, 6.07) is 13.6. The number of hydrogen-bond acceptors (Lipinski definition) is 2. The quantitative estimate of drug-likeness (QED) is 0.784. The number of benzene rings is 1. The lowest BCUT2D eigenvalue weighted by Crippen LogP contribution is -1.82. The molecule has 0 fully saturated rings. The normalized spacial score (nSPS) is 10.9. The maximum absolute atomic E-state index is 9.16. The Morgan fingerprint density at radius 3 is 2.59 bits per heavy atom. The SMILES string of the molecule is N#C/C(=C\c1cccnc1)c1ccc(Br)cc1. The molecule has 17 heavy (non-hydrogen) atoms. The van der Waals surface area contributed by atoms with Crippen molar-refractivity contribution in [2.75, 3.05) is 0 Å². The molecule has 2 rings (SSSR count). The molecule has 0 saturated carbocycles. The Morgan fingerprint density at radius 2 is 2.00 bits per heavy atom. The maximum Gasteiger partial charge on any atom is 0.0998 e. The largest absolute Gasteiger partial charge is 0.264 e. The van der Waals surface area contributed by atoms with Crippen molar-refractivity contribution in [1.82, 2.24) is 4.98 Å². The molecule has 3 heteroatoms. The standard InChI is InChI=1S/C14H9BrN2/c15-14-5-3-12(4-6-14)13(9-16)8-11-2-1-7-17-10-11/h1-8,10H/b13-8+. The van der Waals surface area contributed by atoms with Gasteiger partial charge in [0.1, 0.15) is 0 Å². The van der Waals surface area contributed by atoms with E-state index in [9.17, 15) is 0 Å². The third-order valence-electron chi connectivity index (χ3n) is 2.27. The van der Waals surface area contributed by atoms with E-state index in [4.69, 9.17) is 5.26 Å². The fourth-order valence-corrected chi connectivity index (χ4v) is 1.70. The zero-order chi connectivity index (χ0) is 12.1. The summed E-state index contributed by atoms with van der Waals surface area (Å²) in [7, 11) is 0. The van der Waals surface area contributed by atoms with Crippen molar-refractivity contribution < 1.29 is 0 Å². The highest BCUT2D eigenvalue weighted by Crippen LogP contribution is 2.19. The zero-order valence-corrected chi connectivity index (χ0v) is 10.6. The summed E-state index contributed by atoms with van der Waals surface area (Å²) < 4.78 is 1.000. The first-order chi connectivity index (χ1) is 8.29. The van der Waals surface area contributed by atoms with Gasteiger partial charge in [0.2, 0.25) is 0 Å². The molecular formula is C14H9BrN2. The van der Waals surface area contributed by atoms with Crippen molar-refractivity contribution in [2.45, 2.75) is 0 Å². The molecule has 1 aromatic heterocycles. The molecular weight excluding hydrogens is 276 g/mol. The molecule has 2 nitrogen and oxygen atoms in total. The summed E-state index contributed by atoms with van der Waals surface area (Å²) in [6.45, 7) is 0. The zero-order valence-electron chi connectivity index (χ0n) is 8.97. The first-order valence-electron chi connectivity index (χ1n) is 5.07. The predicted octanol–water partition coefficient (Wildman–Crippen LogP) is 3.91. The van der Waals surface area contributed by atoms with E-state index in [1.165, 1.54) is 0 Å². The molecule has 0 aliphatic rings. The average molecular weight is 285 g/mol. The van der Waals surface area contributed by atoms with E-state index in [-0.39, 0.29) is 0 Å². The molecule has 1 aromatic carbocycles. The van der Waals surface area contributed by atoms with Crippen LogP contribution in [0.25, 0.3) is 11.6 Å². The Balaban J connectivity index is 2.38. The van der Waals surface area contributed by atoms with Gasteiger partial charge in [-0.05, 0) is 35.4 Å². The van der Waals surface area contributed by atoms with Crippen molar-refractivity contribution in [1.29, 1.82) is 5.26 Å². The Kier molecular flexibility index (Phi) is 3.69. The van der Waals surface area contributed by atoms with Crippen molar-refractivity contribution in [2.24, 2.45) is 0 Å². The molecule has 2 aromatic rings. The summed E-state index contributed by atoms with van der Waals surface area (Å²) in [4.78, 5) is 4.02. The lowest BCUT2D eigenvalue weighted by Gasteiger charge is -1.99. The van der Waals surface area contributed by atoms with Gasteiger partial charge in [0.15, 0.2) is 0 Å². The fraction of sp³-hybridized carbons (Fsp3) is 0. The number of nitriles is 1. The topological polar surface area (TPSA) is 36.7 Å². The van der Waals surface area contributed by atoms with Crippen molar-refractivity contribution in [3.05, 3.63) is 64.4 Å². The van der Waals surface area contributed by atoms with Gasteiger partial charge >= 0.3 is 0 Å². The minimum absolute atomic E-state index is 0.630. The summed E-state index contributed by atoms with van der Waals surface area (Å²) >= 11 is 3.37. The third kappa shape index (κ3) is 3.02. The van der Waals surface area contributed by atoms with E-state index >= 15 is 0 Å². The van der Waals surface area contributed by atoms with Gasteiger partial charge in [0, 0.05) is 16.9 Å². The predicted molar refractivity (Wildman–Crippen MR) is 71.9 cm³/mol. The second-order valence-corrected chi connectivity index (χ2v) is 4.38. The number of halogens is 1. The Morgan fingerprint density at radius 1 is 1.24 bits per heavy atom. The van der Waals surface area contributed by atoms with Crippen molar-refractivity contribution >= 4 is 27.6 Å². The third-order valence-corrected chi connectivity index (χ3v) is 2.80. The molecule has 0 unspecified atom stereocenters. The second-order valence-electron chi connectivity index (χ2n) is 3.46. The van der Waals surface area contributed by atoms with E-state index in [2.05, 4.69) is 27.0 Å². The molecule has 0 aliphatic carbocycles. The smallest absolute Gasteiger partial charge is 0.0998 e. The van der Waals surface area contributed by atoms with E-state index < -0.39 is 0 Å². The minimum atomic E-state index is 0.630. The number of allylic oxidation sites excluding steroid dienone is 1. The summed E-state index contributed by atoms with van der Waals surface area (Å²) in [5.41, 5.74) is 2.46. The van der Waals surface area contributed by atoms with Crippen LogP contribution in [0.2, 0.25) is 0 Å². The van der Waals surface area contributed by atoms with E-state index in [0.29, 0.717) is 5.57 Å². The minimum Gasteiger partial charge on any atom is -0.264 e. The number of hydrogen-bond donors (Lipinski definition) is 0. The van der Waals surface area contributed by atoms with Gasteiger partial charge in [-0.1, -0.05) is 34.1 Å². The van der Waals surface area contributed by atoms with Crippen LogP contribution >= 0.6 is 15.9 Å². The monoisotopic (exact) mass is 284 g/mol. The average Bonchev–Trinajstić information content (AvgIpc) is 2.38. The lowest BCUT2D eigenvalue weighted by atomic mass is 10.1. The van der Waals surface area contributed by atoms with Gasteiger partial charge in [-0.2, -0.15) is 5.26 Å². The van der Waals surface area contributed by atoms with Crippen LogP contribution in [0.4, 0.5) is 0 Å². The molecule has 1 heterocycles. The number of pyridine rings is 1. The van der Waals surface area contributed by atoms with Crippen LogP contribution in [0.1, 0.15) is 11.1 Å². The molecule has 0 radical (unpaired) electrons. The molecule has 0 spiro atoms. The molecule has 0 saturated heterocycles. The highest BCUT2D eigenvalue weighted by atomic mass is 79.9. The summed E-state index contributed by atoms with van der Waals surface area (Å²) in [6.07, 6.45) is 5.27. The molecule has 0 amide bonds. The summed E-state index contributed by atoms with van der Waals surface area (Å²) in [5.74, 6) is 0. The van der Waals surface area contributed by atoms with Crippen LogP contribution in [0.15, 0.2) is 53.3 Å². The first kappa shape index (κ1) is 11.6. The van der Waals surface area contributed by atoms with Gasteiger partial charge in [-0.3, -0.25) is 4.98 Å². The van der Waals surface area contributed by atoms with E-state index in [1.54, 1.807) is 12.4 Å². The molecule has 0 bridgehead atoms. The van der Waals surface area contributed by atoms with Crippen LogP contribution in [-0.4, -0.2) is 4.98 Å². The van der Waals surface area contributed by atoms with Gasteiger partial charge in [-0.15, -0.1) is 0 Å². The highest BCUT2D eigenvalue weighted by molar-refractivity contribution is 9.10. The number of rotatable bonds is 2. The Labute approximate surface area is 108 Å². The first-order valence-corrected chi connectivity index (χ1v) is 5.86. The van der Waals surface area contributed by atoms with Gasteiger partial charge in [0.05, 0.1) is 11.6 Å². The van der Waals surface area contributed by atoms with Crippen LogP contribution in [-0.2, 0) is 0 Å². The van der Waals surface area contributed by atoms with E-state index in [0.717, 1.165) is 15.6 Å². The van der Waals surface area contributed by atoms with Crippen LogP contribution in [0.3, 0.4) is 0 Å². The van der Waals surface area contributed by atoms with Crippen LogP contribution in [0, 0.1) is 11.3 Å². The Hall–Kier alpha value is -1.92. The van der Waals surface area contributed by atoms with Gasteiger partial charge in [-0.25, -0.2) is 0 Å². The molecule has 0 aliphatic heterocycles. The van der Waals surface area contributed by atoms with Gasteiger partial charge in [0.25, 0.3) is 0 Å². The van der Waals surface area contributed by atoms with E-state index in [1.807, 2.05) is 42.5 Å². The molecule has 0 atom stereocenters.